The van der Waals surface area contributed by atoms with E-state index in [1.54, 1.807) is 12.3 Å². The number of rotatable bonds is 1. The van der Waals surface area contributed by atoms with Gasteiger partial charge in [0.05, 0.1) is 0 Å². The molecule has 0 spiro atoms. The summed E-state index contributed by atoms with van der Waals surface area (Å²) in [7, 11) is 0. The topological polar surface area (TPSA) is 33.1 Å². The SMILES string of the molecule is C=Cc1ncc(C)cc1O. The van der Waals surface area contributed by atoms with E-state index in [4.69, 9.17) is 5.11 Å². The molecule has 0 aliphatic heterocycles. The molecule has 0 unspecified atom stereocenters. The lowest BCUT2D eigenvalue weighted by Gasteiger charge is -1.97. The van der Waals surface area contributed by atoms with Crippen LogP contribution in [0.5, 0.6) is 5.75 Å². The summed E-state index contributed by atoms with van der Waals surface area (Å²) in [6.07, 6.45) is 3.21. The summed E-state index contributed by atoms with van der Waals surface area (Å²) < 4.78 is 0. The molecule has 0 radical (unpaired) electrons. The number of aromatic nitrogens is 1. The molecular formula is C8H9NO. The normalized spacial score (nSPS) is 9.30. The lowest BCUT2D eigenvalue weighted by atomic mass is 10.2. The van der Waals surface area contributed by atoms with Crippen molar-refractivity contribution >= 4 is 6.08 Å². The van der Waals surface area contributed by atoms with Crippen molar-refractivity contribution in [1.29, 1.82) is 0 Å². The smallest absolute Gasteiger partial charge is 0.141 e. The van der Waals surface area contributed by atoms with Gasteiger partial charge in [-0.3, -0.25) is 4.98 Å². The number of pyridine rings is 1. The summed E-state index contributed by atoms with van der Waals surface area (Å²) in [4.78, 5) is 3.93. The monoisotopic (exact) mass is 135 g/mol. The largest absolute Gasteiger partial charge is 0.506 e. The Labute approximate surface area is 59.9 Å². The predicted molar refractivity (Wildman–Crippen MR) is 40.7 cm³/mol. The Morgan fingerprint density at radius 1 is 1.70 bits per heavy atom. The van der Waals surface area contributed by atoms with Gasteiger partial charge in [0.25, 0.3) is 0 Å². The second-order valence-corrected chi connectivity index (χ2v) is 2.12. The van der Waals surface area contributed by atoms with Crippen LogP contribution in [0.25, 0.3) is 6.08 Å². The van der Waals surface area contributed by atoms with Crippen LogP contribution < -0.4 is 0 Å². The van der Waals surface area contributed by atoms with Crippen molar-refractivity contribution in [2.24, 2.45) is 0 Å². The molecule has 0 saturated carbocycles. The third-order valence-electron chi connectivity index (χ3n) is 1.23. The van der Waals surface area contributed by atoms with Crippen molar-refractivity contribution < 1.29 is 5.11 Å². The molecule has 1 rings (SSSR count). The molecule has 52 valence electrons. The summed E-state index contributed by atoms with van der Waals surface area (Å²) in [5.41, 5.74) is 1.48. The van der Waals surface area contributed by atoms with E-state index in [2.05, 4.69) is 11.6 Å². The number of aromatic hydroxyl groups is 1. The van der Waals surface area contributed by atoms with Gasteiger partial charge in [0.15, 0.2) is 0 Å². The number of hydrogen-bond donors (Lipinski definition) is 1. The van der Waals surface area contributed by atoms with Gasteiger partial charge in [-0.25, -0.2) is 0 Å². The Morgan fingerprint density at radius 2 is 2.40 bits per heavy atom. The van der Waals surface area contributed by atoms with Crippen LogP contribution in [0.2, 0.25) is 0 Å². The number of hydrogen-bond acceptors (Lipinski definition) is 2. The third-order valence-corrected chi connectivity index (χ3v) is 1.23. The van der Waals surface area contributed by atoms with Crippen molar-refractivity contribution in [1.82, 2.24) is 4.98 Å². The molecule has 1 aromatic heterocycles. The van der Waals surface area contributed by atoms with Crippen LogP contribution >= 0.6 is 0 Å². The molecule has 0 saturated heterocycles. The van der Waals surface area contributed by atoms with Crippen LogP contribution in [0, 0.1) is 6.92 Å². The lowest BCUT2D eigenvalue weighted by molar-refractivity contribution is 0.470. The Kier molecular flexibility index (Phi) is 1.71. The number of aryl methyl sites for hydroxylation is 1. The van der Waals surface area contributed by atoms with Crippen LogP contribution in [-0.4, -0.2) is 10.1 Å². The molecule has 0 bridgehead atoms. The lowest BCUT2D eigenvalue weighted by Crippen LogP contribution is -1.82. The van der Waals surface area contributed by atoms with Crippen molar-refractivity contribution in [3.8, 4) is 5.75 Å². The van der Waals surface area contributed by atoms with E-state index in [1.807, 2.05) is 6.92 Å². The van der Waals surface area contributed by atoms with Crippen molar-refractivity contribution in [3.05, 3.63) is 30.1 Å². The average Bonchev–Trinajstić information content (AvgIpc) is 1.88. The molecular weight excluding hydrogens is 126 g/mol. The van der Waals surface area contributed by atoms with Crippen molar-refractivity contribution in [2.75, 3.05) is 0 Å². The van der Waals surface area contributed by atoms with Gasteiger partial charge in [-0.05, 0) is 24.6 Å². The summed E-state index contributed by atoms with van der Waals surface area (Å²) in [5.74, 6) is 0.190. The first-order valence-corrected chi connectivity index (χ1v) is 3.02. The summed E-state index contributed by atoms with van der Waals surface area (Å²) in [5, 5.41) is 9.16. The minimum atomic E-state index is 0.190. The Bertz CT molecular complexity index is 255. The first-order chi connectivity index (χ1) is 4.74. The van der Waals surface area contributed by atoms with Crippen molar-refractivity contribution in [2.45, 2.75) is 6.92 Å². The molecule has 1 heterocycles. The molecule has 1 N–H and O–H groups in total. The summed E-state index contributed by atoms with van der Waals surface area (Å²) in [6.45, 7) is 5.37. The highest BCUT2D eigenvalue weighted by atomic mass is 16.3. The van der Waals surface area contributed by atoms with E-state index < -0.39 is 0 Å². The van der Waals surface area contributed by atoms with Gasteiger partial charge >= 0.3 is 0 Å². The van der Waals surface area contributed by atoms with Crippen LogP contribution in [-0.2, 0) is 0 Å². The minimum Gasteiger partial charge on any atom is -0.506 e. The summed E-state index contributed by atoms with van der Waals surface area (Å²) >= 11 is 0. The van der Waals surface area contributed by atoms with Crippen LogP contribution in [0.1, 0.15) is 11.3 Å². The maximum Gasteiger partial charge on any atom is 0.141 e. The highest BCUT2D eigenvalue weighted by Gasteiger charge is 1.95. The minimum absolute atomic E-state index is 0.190. The first-order valence-electron chi connectivity index (χ1n) is 3.02. The van der Waals surface area contributed by atoms with Gasteiger partial charge in [-0.1, -0.05) is 6.58 Å². The third kappa shape index (κ3) is 1.16. The zero-order chi connectivity index (χ0) is 7.56. The summed E-state index contributed by atoms with van der Waals surface area (Å²) in [6, 6.07) is 1.66. The van der Waals surface area contributed by atoms with Gasteiger partial charge in [-0.2, -0.15) is 0 Å². The molecule has 2 heteroatoms. The fraction of sp³-hybridized carbons (Fsp3) is 0.125. The second kappa shape index (κ2) is 2.52. The fourth-order valence-electron chi connectivity index (χ4n) is 0.722. The second-order valence-electron chi connectivity index (χ2n) is 2.12. The fourth-order valence-corrected chi connectivity index (χ4v) is 0.722. The molecule has 0 aliphatic rings. The van der Waals surface area contributed by atoms with Crippen LogP contribution in [0.15, 0.2) is 18.8 Å². The van der Waals surface area contributed by atoms with Gasteiger partial charge in [-0.15, -0.1) is 0 Å². The molecule has 0 fully saturated rings. The van der Waals surface area contributed by atoms with E-state index in [0.717, 1.165) is 5.56 Å². The van der Waals surface area contributed by atoms with E-state index in [9.17, 15) is 0 Å². The highest BCUT2D eigenvalue weighted by molar-refractivity contribution is 5.50. The van der Waals surface area contributed by atoms with Crippen molar-refractivity contribution in [3.63, 3.8) is 0 Å². The zero-order valence-electron chi connectivity index (χ0n) is 5.83. The van der Waals surface area contributed by atoms with E-state index in [1.165, 1.54) is 6.08 Å². The molecule has 10 heavy (non-hydrogen) atoms. The van der Waals surface area contributed by atoms with Gasteiger partial charge < -0.3 is 5.11 Å². The Balaban J connectivity index is 3.19. The van der Waals surface area contributed by atoms with Gasteiger partial charge in [0.2, 0.25) is 0 Å². The zero-order valence-corrected chi connectivity index (χ0v) is 5.83. The van der Waals surface area contributed by atoms with Crippen LogP contribution in [0.3, 0.4) is 0 Å². The Morgan fingerprint density at radius 3 is 2.90 bits per heavy atom. The molecule has 0 aliphatic carbocycles. The molecule has 0 aromatic carbocycles. The van der Waals surface area contributed by atoms with Crippen LogP contribution in [0.4, 0.5) is 0 Å². The van der Waals surface area contributed by atoms with Gasteiger partial charge in [0.1, 0.15) is 11.4 Å². The van der Waals surface area contributed by atoms with E-state index >= 15 is 0 Å². The molecule has 2 nitrogen and oxygen atoms in total. The molecule has 0 atom stereocenters. The van der Waals surface area contributed by atoms with Gasteiger partial charge in [0, 0.05) is 6.20 Å². The Hall–Kier alpha value is -1.31. The average molecular weight is 135 g/mol. The quantitative estimate of drug-likeness (QED) is 0.636. The first kappa shape index (κ1) is 6.81. The molecule has 1 aromatic rings. The maximum absolute atomic E-state index is 9.16. The van der Waals surface area contributed by atoms with E-state index in [-0.39, 0.29) is 5.75 Å². The van der Waals surface area contributed by atoms with E-state index in [0.29, 0.717) is 5.69 Å². The maximum atomic E-state index is 9.16. The number of nitrogens with zero attached hydrogens (tertiary/aromatic N) is 1. The molecule has 0 amide bonds. The standard InChI is InChI=1S/C8H9NO/c1-3-7-8(10)4-6(2)5-9-7/h3-5,10H,1H2,2H3. The predicted octanol–water partition coefficient (Wildman–Crippen LogP) is 1.74. The highest BCUT2D eigenvalue weighted by Crippen LogP contribution is 2.15.